The van der Waals surface area contributed by atoms with E-state index in [1.54, 1.807) is 12.1 Å². The smallest absolute Gasteiger partial charge is 0.406 e. The van der Waals surface area contributed by atoms with Crippen LogP contribution in [0.2, 0.25) is 0 Å². The number of aromatic nitrogens is 3. The van der Waals surface area contributed by atoms with E-state index in [-0.39, 0.29) is 5.75 Å². The highest BCUT2D eigenvalue weighted by Crippen LogP contribution is 2.32. The van der Waals surface area contributed by atoms with Crippen molar-refractivity contribution in [3.63, 3.8) is 0 Å². The average molecular weight is 381 g/mol. The molecule has 0 spiro atoms. The maximum atomic E-state index is 12.6. The van der Waals surface area contributed by atoms with Gasteiger partial charge in [0.25, 0.3) is 0 Å². The van der Waals surface area contributed by atoms with Crippen LogP contribution in [-0.4, -0.2) is 21.3 Å². The average Bonchev–Trinajstić information content (AvgIpc) is 2.66. The highest BCUT2D eigenvalue weighted by Gasteiger charge is 2.31. The van der Waals surface area contributed by atoms with E-state index in [4.69, 9.17) is 0 Å². The minimum absolute atomic E-state index is 0.303. The van der Waals surface area contributed by atoms with Crippen LogP contribution in [0.1, 0.15) is 5.69 Å². The molecule has 2 heterocycles. The van der Waals surface area contributed by atoms with Gasteiger partial charge in [-0.2, -0.15) is 0 Å². The Morgan fingerprint density at radius 3 is 2.39 bits per heavy atom. The highest BCUT2D eigenvalue weighted by molar-refractivity contribution is 5.93. The van der Waals surface area contributed by atoms with Gasteiger partial charge < -0.3 is 4.74 Å². The van der Waals surface area contributed by atoms with Gasteiger partial charge in [0.15, 0.2) is 5.82 Å². The van der Waals surface area contributed by atoms with Crippen LogP contribution in [0.4, 0.5) is 13.2 Å². The number of fused-ring (bicyclic) bond motifs is 1. The van der Waals surface area contributed by atoms with Gasteiger partial charge in [0.05, 0.1) is 11.2 Å². The number of benzene rings is 2. The Hall–Kier alpha value is -3.48. The van der Waals surface area contributed by atoms with Gasteiger partial charge in [-0.25, -0.2) is 15.0 Å². The number of rotatable bonds is 3. The van der Waals surface area contributed by atoms with Crippen molar-refractivity contribution in [2.75, 3.05) is 0 Å². The van der Waals surface area contributed by atoms with Gasteiger partial charge in [0.1, 0.15) is 11.4 Å². The predicted octanol–water partition coefficient (Wildman–Crippen LogP) is 5.57. The molecule has 4 aromatic rings. The number of nitrogens with zero attached hydrogens (tertiary/aromatic N) is 3. The lowest BCUT2D eigenvalue weighted by molar-refractivity contribution is -0.274. The van der Waals surface area contributed by atoms with Crippen LogP contribution in [0.15, 0.2) is 66.7 Å². The summed E-state index contributed by atoms with van der Waals surface area (Å²) in [6.07, 6.45) is -4.76. The van der Waals surface area contributed by atoms with Gasteiger partial charge in [-0.15, -0.1) is 13.2 Å². The first-order valence-electron chi connectivity index (χ1n) is 8.46. The molecule has 0 aliphatic carbocycles. The monoisotopic (exact) mass is 381 g/mol. The molecule has 0 unspecified atom stereocenters. The summed E-state index contributed by atoms with van der Waals surface area (Å²) < 4.78 is 41.8. The van der Waals surface area contributed by atoms with Crippen LogP contribution >= 0.6 is 0 Å². The van der Waals surface area contributed by atoms with E-state index in [1.165, 1.54) is 18.2 Å². The molecule has 0 atom stereocenters. The molecular weight excluding hydrogens is 367 g/mol. The van der Waals surface area contributed by atoms with E-state index in [0.717, 1.165) is 11.1 Å². The number of ether oxygens (including phenoxy) is 1. The van der Waals surface area contributed by atoms with Crippen molar-refractivity contribution >= 4 is 10.9 Å². The first-order valence-corrected chi connectivity index (χ1v) is 8.46. The van der Waals surface area contributed by atoms with E-state index < -0.39 is 6.36 Å². The third-order valence-corrected chi connectivity index (χ3v) is 4.06. The molecule has 28 heavy (non-hydrogen) atoms. The first kappa shape index (κ1) is 17.9. The van der Waals surface area contributed by atoms with E-state index in [9.17, 15) is 13.2 Å². The zero-order chi connectivity index (χ0) is 19.7. The molecule has 0 saturated carbocycles. The largest absolute Gasteiger partial charge is 0.573 e. The predicted molar refractivity (Wildman–Crippen MR) is 99.6 cm³/mol. The van der Waals surface area contributed by atoms with Crippen LogP contribution in [0.3, 0.4) is 0 Å². The molecule has 0 amide bonds. The number of pyridine rings is 1. The van der Waals surface area contributed by atoms with Gasteiger partial charge >= 0.3 is 6.36 Å². The number of aryl methyl sites for hydroxylation is 1. The van der Waals surface area contributed by atoms with E-state index in [2.05, 4.69) is 19.7 Å². The number of halogens is 3. The van der Waals surface area contributed by atoms with E-state index in [0.29, 0.717) is 28.3 Å². The first-order chi connectivity index (χ1) is 13.4. The zero-order valence-electron chi connectivity index (χ0n) is 14.7. The highest BCUT2D eigenvalue weighted by atomic mass is 19.4. The third-order valence-electron chi connectivity index (χ3n) is 4.06. The normalized spacial score (nSPS) is 11.6. The molecule has 0 bridgehead atoms. The fraction of sp³-hybridized carbons (Fsp3) is 0.0952. The Morgan fingerprint density at radius 2 is 1.61 bits per heavy atom. The molecule has 4 rings (SSSR count). The summed E-state index contributed by atoms with van der Waals surface area (Å²) in [6.45, 7) is 1.86. The summed E-state index contributed by atoms with van der Waals surface area (Å²) in [4.78, 5) is 13.6. The lowest BCUT2D eigenvalue weighted by atomic mass is 10.1. The maximum absolute atomic E-state index is 12.6. The Labute approximate surface area is 158 Å². The van der Waals surface area contributed by atoms with Gasteiger partial charge in [0.2, 0.25) is 0 Å². The summed E-state index contributed by atoms with van der Waals surface area (Å²) >= 11 is 0. The second-order valence-electron chi connectivity index (χ2n) is 6.15. The Bertz CT molecular complexity index is 1160. The zero-order valence-corrected chi connectivity index (χ0v) is 14.7. The summed E-state index contributed by atoms with van der Waals surface area (Å²) in [6, 6.07) is 18.6. The van der Waals surface area contributed by atoms with E-state index in [1.807, 2.05) is 43.3 Å². The van der Waals surface area contributed by atoms with Crippen molar-refractivity contribution in [1.82, 2.24) is 15.0 Å². The Kier molecular flexibility index (Phi) is 4.43. The minimum Gasteiger partial charge on any atom is -0.406 e. The number of alkyl halides is 3. The molecule has 4 nitrogen and oxygen atoms in total. The molecule has 0 fully saturated rings. The van der Waals surface area contributed by atoms with Gasteiger partial charge in [-0.3, -0.25) is 0 Å². The van der Waals surface area contributed by atoms with Crippen LogP contribution in [0.25, 0.3) is 33.7 Å². The summed E-state index contributed by atoms with van der Waals surface area (Å²) in [5.74, 6) is 0.0995. The SMILES string of the molecule is Cc1cccc(-c2nc(-c3cccc(OC(F)(F)F)c3)c3ccccc3n2)n1. The molecular formula is C21H14F3N3O. The van der Waals surface area contributed by atoms with Crippen LogP contribution in [-0.2, 0) is 0 Å². The second kappa shape index (κ2) is 6.92. The van der Waals surface area contributed by atoms with Crippen molar-refractivity contribution in [3.8, 4) is 28.5 Å². The molecule has 0 radical (unpaired) electrons. The third kappa shape index (κ3) is 3.78. The summed E-state index contributed by atoms with van der Waals surface area (Å²) in [5.41, 5.74) is 3.09. The molecule has 140 valence electrons. The number of hydrogen-bond acceptors (Lipinski definition) is 4. The molecule has 2 aromatic carbocycles. The molecule has 0 aliphatic heterocycles. The molecule has 2 aromatic heterocycles. The standard InChI is InChI=1S/C21H14F3N3O/c1-13-6-4-11-18(25-13)20-26-17-10-3-2-9-16(17)19(27-20)14-7-5-8-15(12-14)28-21(22,23)24/h2-12H,1H3. The van der Waals surface area contributed by atoms with E-state index >= 15 is 0 Å². The van der Waals surface area contributed by atoms with Crippen LogP contribution < -0.4 is 4.74 Å². The van der Waals surface area contributed by atoms with Gasteiger partial charge in [-0.1, -0.05) is 36.4 Å². The van der Waals surface area contributed by atoms with Crippen LogP contribution in [0, 0.1) is 6.92 Å². The lowest BCUT2D eigenvalue weighted by Crippen LogP contribution is -2.17. The molecule has 0 aliphatic rings. The molecule has 7 heteroatoms. The Balaban J connectivity index is 1.90. The minimum atomic E-state index is -4.76. The van der Waals surface area contributed by atoms with Crippen molar-refractivity contribution in [2.45, 2.75) is 13.3 Å². The fourth-order valence-electron chi connectivity index (χ4n) is 2.92. The van der Waals surface area contributed by atoms with Crippen molar-refractivity contribution in [3.05, 3.63) is 72.4 Å². The number of hydrogen-bond donors (Lipinski definition) is 0. The van der Waals surface area contributed by atoms with Gasteiger partial charge in [-0.05, 0) is 37.3 Å². The van der Waals surface area contributed by atoms with Gasteiger partial charge in [0, 0.05) is 16.6 Å². The lowest BCUT2D eigenvalue weighted by Gasteiger charge is -2.12. The summed E-state index contributed by atoms with van der Waals surface area (Å²) in [5, 5.41) is 0.725. The van der Waals surface area contributed by atoms with Crippen LogP contribution in [0.5, 0.6) is 5.75 Å². The van der Waals surface area contributed by atoms with Crippen molar-refractivity contribution < 1.29 is 17.9 Å². The maximum Gasteiger partial charge on any atom is 0.573 e. The molecule has 0 saturated heterocycles. The topological polar surface area (TPSA) is 47.9 Å². The van der Waals surface area contributed by atoms with Crippen molar-refractivity contribution in [2.24, 2.45) is 0 Å². The Morgan fingerprint density at radius 1 is 0.821 bits per heavy atom. The quantitative estimate of drug-likeness (QED) is 0.466. The summed E-state index contributed by atoms with van der Waals surface area (Å²) in [7, 11) is 0. The van der Waals surface area contributed by atoms with Crippen molar-refractivity contribution in [1.29, 1.82) is 0 Å². The molecule has 0 N–H and O–H groups in total. The fourth-order valence-corrected chi connectivity index (χ4v) is 2.92. The second-order valence-corrected chi connectivity index (χ2v) is 6.15. The number of para-hydroxylation sites is 1.